The minimum Gasteiger partial charge on any atom is -0.368 e. The number of piperazine rings is 1. The van der Waals surface area contributed by atoms with E-state index in [0.717, 1.165) is 31.6 Å². The summed E-state index contributed by atoms with van der Waals surface area (Å²) in [6.07, 6.45) is 5.81. The van der Waals surface area contributed by atoms with Crippen molar-refractivity contribution in [3.05, 3.63) is 59.9 Å². The highest BCUT2D eigenvalue weighted by Gasteiger charge is 2.25. The molecule has 0 radical (unpaired) electrons. The molecule has 2 aromatic carbocycles. The van der Waals surface area contributed by atoms with Crippen LogP contribution in [0.1, 0.15) is 56.3 Å². The number of rotatable bonds is 7. The predicted octanol–water partition coefficient (Wildman–Crippen LogP) is 4.48. The molecule has 1 aliphatic carbocycles. The molecule has 4 amide bonds. The van der Waals surface area contributed by atoms with Crippen molar-refractivity contribution in [2.45, 2.75) is 58.0 Å². The van der Waals surface area contributed by atoms with Crippen LogP contribution < -0.4 is 15.5 Å². The lowest BCUT2D eigenvalue weighted by Crippen LogP contribution is -2.53. The van der Waals surface area contributed by atoms with Gasteiger partial charge in [0.2, 0.25) is 5.91 Å². The van der Waals surface area contributed by atoms with Crippen molar-refractivity contribution in [2.75, 3.05) is 42.9 Å². The summed E-state index contributed by atoms with van der Waals surface area (Å²) in [5.41, 5.74) is 2.01. The van der Waals surface area contributed by atoms with E-state index >= 15 is 0 Å². The fourth-order valence-electron chi connectivity index (χ4n) is 5.04. The van der Waals surface area contributed by atoms with Crippen LogP contribution in [-0.2, 0) is 4.79 Å². The zero-order chi connectivity index (χ0) is 27.1. The van der Waals surface area contributed by atoms with E-state index in [-0.39, 0.29) is 30.4 Å². The molecule has 2 N–H and O–H groups in total. The van der Waals surface area contributed by atoms with Gasteiger partial charge >= 0.3 is 6.03 Å². The van der Waals surface area contributed by atoms with E-state index in [1.54, 1.807) is 0 Å². The second-order valence-corrected chi connectivity index (χ2v) is 10.4. The monoisotopic (exact) mass is 523 g/mol. The van der Waals surface area contributed by atoms with E-state index in [0.29, 0.717) is 30.4 Å². The van der Waals surface area contributed by atoms with E-state index in [4.69, 9.17) is 0 Å². The molecule has 1 heterocycles. The van der Waals surface area contributed by atoms with Crippen LogP contribution >= 0.6 is 0 Å². The van der Waals surface area contributed by atoms with Gasteiger partial charge in [-0.25, -0.2) is 9.18 Å². The smallest absolute Gasteiger partial charge is 0.317 e. The lowest BCUT2D eigenvalue weighted by atomic mass is 9.96. The number of halogens is 1. The Morgan fingerprint density at radius 3 is 2.16 bits per heavy atom. The zero-order valence-corrected chi connectivity index (χ0v) is 22.3. The summed E-state index contributed by atoms with van der Waals surface area (Å²) in [6, 6.07) is 13.1. The van der Waals surface area contributed by atoms with Gasteiger partial charge in [0.25, 0.3) is 5.91 Å². The Kier molecular flexibility index (Phi) is 9.20. The standard InChI is InChI=1S/C29H38FN5O3/c1-21(2)35(28(37)22-8-10-23(30)11-9-22)20-27(36)31-25-12-14-26(15-13-25)33-16-18-34(19-17-33)29(38)32-24-6-4-3-5-7-24/h8-15,21,24H,3-7,16-20H2,1-2H3,(H,31,36)(H,32,38). The van der Waals surface area contributed by atoms with Gasteiger partial charge in [0.05, 0.1) is 0 Å². The Morgan fingerprint density at radius 2 is 1.55 bits per heavy atom. The first kappa shape index (κ1) is 27.4. The van der Waals surface area contributed by atoms with Crippen LogP contribution in [0, 0.1) is 5.82 Å². The Hall–Kier alpha value is -3.62. The molecule has 204 valence electrons. The quantitative estimate of drug-likeness (QED) is 0.561. The number of hydrogen-bond acceptors (Lipinski definition) is 4. The Labute approximate surface area is 224 Å². The minimum absolute atomic E-state index is 0.0444. The number of nitrogens with zero attached hydrogens (tertiary/aromatic N) is 3. The molecule has 0 bridgehead atoms. The Morgan fingerprint density at radius 1 is 0.921 bits per heavy atom. The fraction of sp³-hybridized carbons (Fsp3) is 0.483. The van der Waals surface area contributed by atoms with Crippen molar-refractivity contribution < 1.29 is 18.8 Å². The van der Waals surface area contributed by atoms with E-state index in [1.807, 2.05) is 43.0 Å². The molecule has 1 aliphatic heterocycles. The summed E-state index contributed by atoms with van der Waals surface area (Å²) < 4.78 is 13.2. The van der Waals surface area contributed by atoms with Crippen molar-refractivity contribution in [3.8, 4) is 0 Å². The number of hydrogen-bond donors (Lipinski definition) is 2. The molecule has 9 heteroatoms. The number of carbonyl (C=O) groups excluding carboxylic acids is 3. The zero-order valence-electron chi connectivity index (χ0n) is 22.3. The van der Waals surface area contributed by atoms with Crippen LogP contribution in [0.2, 0.25) is 0 Å². The minimum atomic E-state index is -0.416. The number of nitrogens with one attached hydrogen (secondary N) is 2. The SMILES string of the molecule is CC(C)N(CC(=O)Nc1ccc(N2CCN(C(=O)NC3CCCCC3)CC2)cc1)C(=O)c1ccc(F)cc1. The van der Waals surface area contributed by atoms with Gasteiger partial charge in [-0.2, -0.15) is 0 Å². The average molecular weight is 524 g/mol. The number of urea groups is 1. The molecule has 38 heavy (non-hydrogen) atoms. The topological polar surface area (TPSA) is 85.0 Å². The van der Waals surface area contributed by atoms with Crippen LogP contribution in [0.25, 0.3) is 0 Å². The first-order valence-corrected chi connectivity index (χ1v) is 13.6. The predicted molar refractivity (Wildman–Crippen MR) is 147 cm³/mol. The molecule has 1 saturated carbocycles. The van der Waals surface area contributed by atoms with Crippen LogP contribution in [0.4, 0.5) is 20.6 Å². The summed E-state index contributed by atoms with van der Waals surface area (Å²) in [5.74, 6) is -1.04. The van der Waals surface area contributed by atoms with Crippen molar-refractivity contribution in [1.82, 2.24) is 15.1 Å². The molecule has 8 nitrogen and oxygen atoms in total. The third kappa shape index (κ3) is 7.24. The second-order valence-electron chi connectivity index (χ2n) is 10.4. The normalized spacial score (nSPS) is 16.3. The Bertz CT molecular complexity index is 1090. The second kappa shape index (κ2) is 12.8. The molecular formula is C29H38FN5O3. The van der Waals surface area contributed by atoms with Gasteiger partial charge < -0.3 is 25.3 Å². The number of amides is 4. The molecule has 1 saturated heterocycles. The van der Waals surface area contributed by atoms with Gasteiger partial charge in [0, 0.05) is 55.2 Å². The molecule has 0 spiro atoms. The van der Waals surface area contributed by atoms with Gasteiger partial charge in [-0.1, -0.05) is 19.3 Å². The first-order valence-electron chi connectivity index (χ1n) is 13.6. The summed E-state index contributed by atoms with van der Waals surface area (Å²) >= 11 is 0. The first-order chi connectivity index (χ1) is 18.3. The molecule has 0 aromatic heterocycles. The van der Waals surface area contributed by atoms with E-state index in [2.05, 4.69) is 15.5 Å². The number of anilines is 2. The highest BCUT2D eigenvalue weighted by molar-refractivity contribution is 5.99. The summed E-state index contributed by atoms with van der Waals surface area (Å²) in [4.78, 5) is 43.8. The Balaban J connectivity index is 1.26. The van der Waals surface area contributed by atoms with E-state index < -0.39 is 5.82 Å². The highest BCUT2D eigenvalue weighted by atomic mass is 19.1. The molecule has 2 aliphatic rings. The van der Waals surface area contributed by atoms with Gasteiger partial charge in [-0.05, 0) is 75.2 Å². The molecule has 2 aromatic rings. The van der Waals surface area contributed by atoms with E-state index in [1.165, 1.54) is 48.4 Å². The lowest BCUT2D eigenvalue weighted by molar-refractivity contribution is -0.117. The number of carbonyl (C=O) groups is 3. The van der Waals surface area contributed by atoms with Crippen molar-refractivity contribution in [1.29, 1.82) is 0 Å². The summed E-state index contributed by atoms with van der Waals surface area (Å²) in [6.45, 7) is 6.40. The van der Waals surface area contributed by atoms with Crippen LogP contribution in [-0.4, -0.2) is 72.5 Å². The average Bonchev–Trinajstić information content (AvgIpc) is 2.93. The highest BCUT2D eigenvalue weighted by Crippen LogP contribution is 2.21. The maximum atomic E-state index is 13.2. The van der Waals surface area contributed by atoms with Crippen LogP contribution in [0.5, 0.6) is 0 Å². The van der Waals surface area contributed by atoms with Crippen LogP contribution in [0.3, 0.4) is 0 Å². The van der Waals surface area contributed by atoms with Gasteiger partial charge in [-0.3, -0.25) is 9.59 Å². The molecular weight excluding hydrogens is 485 g/mol. The fourth-order valence-corrected chi connectivity index (χ4v) is 5.04. The summed E-state index contributed by atoms with van der Waals surface area (Å²) in [5, 5.41) is 6.06. The summed E-state index contributed by atoms with van der Waals surface area (Å²) in [7, 11) is 0. The maximum absolute atomic E-state index is 13.2. The van der Waals surface area contributed by atoms with Crippen molar-refractivity contribution in [3.63, 3.8) is 0 Å². The maximum Gasteiger partial charge on any atom is 0.317 e. The van der Waals surface area contributed by atoms with Gasteiger partial charge in [-0.15, -0.1) is 0 Å². The third-order valence-corrected chi connectivity index (χ3v) is 7.31. The number of benzene rings is 2. The third-order valence-electron chi connectivity index (χ3n) is 7.31. The van der Waals surface area contributed by atoms with Crippen LogP contribution in [0.15, 0.2) is 48.5 Å². The van der Waals surface area contributed by atoms with E-state index in [9.17, 15) is 18.8 Å². The van der Waals surface area contributed by atoms with Gasteiger partial charge in [0.15, 0.2) is 0 Å². The molecule has 2 fully saturated rings. The molecule has 0 unspecified atom stereocenters. The van der Waals surface area contributed by atoms with Crippen molar-refractivity contribution >= 4 is 29.2 Å². The lowest BCUT2D eigenvalue weighted by Gasteiger charge is -2.37. The largest absolute Gasteiger partial charge is 0.368 e. The van der Waals surface area contributed by atoms with Crippen molar-refractivity contribution in [2.24, 2.45) is 0 Å². The molecule has 4 rings (SSSR count). The van der Waals surface area contributed by atoms with Gasteiger partial charge in [0.1, 0.15) is 12.4 Å². The molecule has 0 atom stereocenters.